The number of sulfone groups is 1. The minimum atomic E-state index is -3.81. The maximum Gasteiger partial charge on any atom is 0.254 e. The van der Waals surface area contributed by atoms with Crippen LogP contribution in [0, 0.1) is 12.7 Å². The van der Waals surface area contributed by atoms with Gasteiger partial charge in [0.25, 0.3) is 5.91 Å². The van der Waals surface area contributed by atoms with Gasteiger partial charge in [-0.25, -0.2) is 17.8 Å². The summed E-state index contributed by atoms with van der Waals surface area (Å²) < 4.78 is 46.5. The number of ether oxygens (including phenoxy) is 1. The number of aromatic nitrogens is 2. The van der Waals surface area contributed by atoms with Crippen LogP contribution in [0.2, 0.25) is 0 Å². The molecule has 0 saturated heterocycles. The molecule has 0 spiro atoms. The molecule has 0 unspecified atom stereocenters. The van der Waals surface area contributed by atoms with Crippen molar-refractivity contribution in [1.82, 2.24) is 14.5 Å². The van der Waals surface area contributed by atoms with Crippen LogP contribution in [0.1, 0.15) is 40.0 Å². The van der Waals surface area contributed by atoms with Crippen molar-refractivity contribution in [2.24, 2.45) is 0 Å². The van der Waals surface area contributed by atoms with Crippen LogP contribution < -0.4 is 0 Å². The monoisotopic (exact) mass is 485 g/mol. The second-order valence-corrected chi connectivity index (χ2v) is 10.5. The number of nitrogens with zero attached hydrogens (tertiary/aromatic N) is 3. The predicted octanol–water partition coefficient (Wildman–Crippen LogP) is 3.76. The number of imidazole rings is 1. The molecule has 1 saturated carbocycles. The number of carbonyl (C=O) groups excluding carboxylic acids is 1. The molecule has 3 aromatic rings. The van der Waals surface area contributed by atoms with Gasteiger partial charge in [-0.3, -0.25) is 4.79 Å². The van der Waals surface area contributed by atoms with Gasteiger partial charge >= 0.3 is 0 Å². The summed E-state index contributed by atoms with van der Waals surface area (Å²) in [6.45, 7) is 2.79. The van der Waals surface area contributed by atoms with Crippen molar-refractivity contribution in [2.45, 2.75) is 49.8 Å². The summed E-state index contributed by atoms with van der Waals surface area (Å²) in [7, 11) is -2.27. The number of aryl methyl sites for hydroxylation is 1. The number of halogens is 1. The lowest BCUT2D eigenvalue weighted by atomic mass is 10.1. The number of hydrogen-bond acceptors (Lipinski definition) is 5. The van der Waals surface area contributed by atoms with Crippen LogP contribution in [0.25, 0.3) is 0 Å². The van der Waals surface area contributed by atoms with Gasteiger partial charge in [0, 0.05) is 25.3 Å². The van der Waals surface area contributed by atoms with Crippen molar-refractivity contribution in [1.29, 1.82) is 0 Å². The molecule has 2 aromatic carbocycles. The van der Waals surface area contributed by atoms with E-state index < -0.39 is 15.7 Å². The van der Waals surface area contributed by atoms with Crippen LogP contribution in [0.5, 0.6) is 0 Å². The van der Waals surface area contributed by atoms with Gasteiger partial charge in [0.1, 0.15) is 5.82 Å². The molecule has 1 aliphatic rings. The molecule has 0 atom stereocenters. The van der Waals surface area contributed by atoms with E-state index in [0.717, 1.165) is 18.4 Å². The number of hydrogen-bond donors (Lipinski definition) is 0. The highest BCUT2D eigenvalue weighted by Crippen LogP contribution is 2.30. The summed E-state index contributed by atoms with van der Waals surface area (Å²) in [6.07, 6.45) is 3.35. The first-order valence-electron chi connectivity index (χ1n) is 11.2. The van der Waals surface area contributed by atoms with E-state index in [-0.39, 0.29) is 42.6 Å². The maximum absolute atomic E-state index is 13.3. The number of rotatable bonds is 10. The summed E-state index contributed by atoms with van der Waals surface area (Å²) in [4.78, 5) is 19.3. The molecule has 1 fully saturated rings. The zero-order valence-electron chi connectivity index (χ0n) is 19.3. The van der Waals surface area contributed by atoms with Gasteiger partial charge in [0.15, 0.2) is 0 Å². The molecular formula is C25H28FN3O4S. The second kappa shape index (κ2) is 10.1. The van der Waals surface area contributed by atoms with Crippen LogP contribution >= 0.6 is 0 Å². The molecule has 1 heterocycles. The first kappa shape index (κ1) is 24.1. The van der Waals surface area contributed by atoms with E-state index in [0.29, 0.717) is 16.8 Å². The average molecular weight is 486 g/mol. The third kappa shape index (κ3) is 5.53. The van der Waals surface area contributed by atoms with E-state index in [1.54, 1.807) is 16.6 Å². The molecule has 1 aliphatic carbocycles. The lowest BCUT2D eigenvalue weighted by Crippen LogP contribution is -2.33. The Morgan fingerprint density at radius 3 is 2.44 bits per heavy atom. The normalized spacial score (nSPS) is 13.7. The summed E-state index contributed by atoms with van der Waals surface area (Å²) in [5, 5.41) is -0.0811. The topological polar surface area (TPSA) is 81.5 Å². The van der Waals surface area contributed by atoms with E-state index >= 15 is 0 Å². The van der Waals surface area contributed by atoms with Crippen LogP contribution in [0.3, 0.4) is 0 Å². The van der Waals surface area contributed by atoms with Gasteiger partial charge in [-0.15, -0.1) is 0 Å². The highest BCUT2D eigenvalue weighted by atomic mass is 32.2. The smallest absolute Gasteiger partial charge is 0.254 e. The van der Waals surface area contributed by atoms with Crippen molar-refractivity contribution >= 4 is 15.7 Å². The Morgan fingerprint density at radius 1 is 1.15 bits per heavy atom. The average Bonchev–Trinajstić information content (AvgIpc) is 3.57. The van der Waals surface area contributed by atoms with E-state index in [4.69, 9.17) is 4.74 Å². The third-order valence-electron chi connectivity index (χ3n) is 5.85. The fraction of sp³-hybridized carbons (Fsp3) is 0.360. The van der Waals surface area contributed by atoms with Crippen LogP contribution in [0.4, 0.5) is 4.39 Å². The van der Waals surface area contributed by atoms with E-state index in [2.05, 4.69) is 4.98 Å². The van der Waals surface area contributed by atoms with Crippen LogP contribution in [-0.2, 0) is 33.4 Å². The first-order chi connectivity index (χ1) is 16.3. The third-order valence-corrected chi connectivity index (χ3v) is 7.44. The first-order valence-corrected chi connectivity index (χ1v) is 12.8. The molecular weight excluding hydrogens is 457 g/mol. The van der Waals surface area contributed by atoms with Gasteiger partial charge in [0.2, 0.25) is 15.0 Å². The Hall–Kier alpha value is -3.04. The van der Waals surface area contributed by atoms with Gasteiger partial charge in [-0.2, -0.15) is 0 Å². The molecule has 7 nitrogen and oxygen atoms in total. The van der Waals surface area contributed by atoms with Crippen molar-refractivity contribution < 1.29 is 22.3 Å². The highest BCUT2D eigenvalue weighted by molar-refractivity contribution is 7.90. The molecule has 34 heavy (non-hydrogen) atoms. The Kier molecular flexibility index (Phi) is 7.13. The van der Waals surface area contributed by atoms with Crippen LogP contribution in [-0.4, -0.2) is 48.5 Å². The van der Waals surface area contributed by atoms with Crippen molar-refractivity contribution in [3.8, 4) is 0 Å². The second-order valence-electron chi connectivity index (χ2n) is 8.59. The minimum absolute atomic E-state index is 0.0811. The molecule has 0 aliphatic heterocycles. The summed E-state index contributed by atoms with van der Waals surface area (Å²) in [5.41, 5.74) is 2.77. The number of methoxy groups -OCH3 is 1. The largest absolute Gasteiger partial charge is 0.383 e. The zero-order chi connectivity index (χ0) is 24.3. The van der Waals surface area contributed by atoms with Gasteiger partial charge in [-0.05, 0) is 49.6 Å². The Labute approximate surface area is 199 Å². The lowest BCUT2D eigenvalue weighted by Gasteiger charge is -2.23. The predicted molar refractivity (Wildman–Crippen MR) is 125 cm³/mol. The fourth-order valence-electron chi connectivity index (χ4n) is 3.84. The molecule has 0 bridgehead atoms. The number of benzene rings is 2. The van der Waals surface area contributed by atoms with Crippen molar-refractivity contribution in [2.75, 3.05) is 13.7 Å². The van der Waals surface area contributed by atoms with Crippen molar-refractivity contribution in [3.05, 3.63) is 82.9 Å². The Morgan fingerprint density at radius 2 is 1.82 bits per heavy atom. The molecule has 1 aromatic heterocycles. The lowest BCUT2D eigenvalue weighted by molar-refractivity contribution is 0.0724. The van der Waals surface area contributed by atoms with Crippen LogP contribution in [0.15, 0.2) is 59.9 Å². The van der Waals surface area contributed by atoms with E-state index in [9.17, 15) is 17.6 Å². The standard InChI is InChI=1S/C25H28FN3O4S/c1-18-3-7-20(8-4-18)24(30)29(22-11-12-22)16-23-15-27-25(28(23)13-14-33-2)34(31,32)17-19-5-9-21(26)10-6-19/h3-10,15,22H,11-14,16-17H2,1-2H3. The molecule has 0 radical (unpaired) electrons. The van der Waals surface area contributed by atoms with E-state index in [1.807, 2.05) is 31.2 Å². The summed E-state index contributed by atoms with van der Waals surface area (Å²) in [6, 6.07) is 12.9. The quantitative estimate of drug-likeness (QED) is 0.437. The zero-order valence-corrected chi connectivity index (χ0v) is 20.1. The Balaban J connectivity index is 1.62. The SMILES string of the molecule is COCCn1c(CN(C(=O)c2ccc(C)cc2)C2CC2)cnc1S(=O)(=O)Cc1ccc(F)cc1. The maximum atomic E-state index is 13.3. The molecule has 180 valence electrons. The Bertz CT molecular complexity index is 1250. The fourth-order valence-corrected chi connectivity index (χ4v) is 5.36. The highest BCUT2D eigenvalue weighted by Gasteiger charge is 2.34. The van der Waals surface area contributed by atoms with E-state index in [1.165, 1.54) is 30.5 Å². The molecule has 0 N–H and O–H groups in total. The van der Waals surface area contributed by atoms with Gasteiger partial charge in [0.05, 0.1) is 30.8 Å². The van der Waals surface area contributed by atoms with Gasteiger partial charge < -0.3 is 14.2 Å². The molecule has 1 amide bonds. The summed E-state index contributed by atoms with van der Waals surface area (Å²) >= 11 is 0. The molecule has 4 rings (SSSR count). The van der Waals surface area contributed by atoms with Gasteiger partial charge in [-0.1, -0.05) is 29.8 Å². The number of carbonyl (C=O) groups is 1. The minimum Gasteiger partial charge on any atom is -0.383 e. The molecule has 9 heteroatoms. The number of amides is 1. The summed E-state index contributed by atoms with van der Waals surface area (Å²) in [5.74, 6) is -0.813. The van der Waals surface area contributed by atoms with Crippen molar-refractivity contribution in [3.63, 3.8) is 0 Å².